The fourth-order valence-corrected chi connectivity index (χ4v) is 2.04. The molecule has 0 aliphatic carbocycles. The van der Waals surface area contributed by atoms with Gasteiger partial charge in [-0.25, -0.2) is 16.8 Å². The largest absolute Gasteiger partial charge is 0.355 e. The van der Waals surface area contributed by atoms with Crippen LogP contribution >= 0.6 is 0 Å². The van der Waals surface area contributed by atoms with E-state index < -0.39 is 0 Å². The van der Waals surface area contributed by atoms with Crippen LogP contribution < -0.4 is 16.8 Å². The fourth-order valence-electron chi connectivity index (χ4n) is 2.04. The van der Waals surface area contributed by atoms with E-state index in [0.717, 1.165) is 27.6 Å². The van der Waals surface area contributed by atoms with Crippen molar-refractivity contribution < 1.29 is 0 Å². The van der Waals surface area contributed by atoms with E-state index in [4.69, 9.17) is 11.7 Å². The normalized spacial score (nSPS) is 10.8. The SMILES string of the molecule is NN(N)c1ccc(-c2cc3ccccc3[nH]2)cc1. The highest BCUT2D eigenvalue weighted by Crippen LogP contribution is 2.25. The summed E-state index contributed by atoms with van der Waals surface area (Å²) >= 11 is 0. The van der Waals surface area contributed by atoms with Crippen molar-refractivity contribution in [1.29, 1.82) is 0 Å². The lowest BCUT2D eigenvalue weighted by molar-refractivity contribution is 0.925. The predicted octanol–water partition coefficient (Wildman–Crippen LogP) is 2.39. The summed E-state index contributed by atoms with van der Waals surface area (Å²) in [6, 6.07) is 18.1. The molecule has 90 valence electrons. The Labute approximate surface area is 105 Å². The van der Waals surface area contributed by atoms with Crippen LogP contribution in [0.15, 0.2) is 54.6 Å². The molecule has 3 rings (SSSR count). The first-order chi connectivity index (χ1) is 8.74. The summed E-state index contributed by atoms with van der Waals surface area (Å²) in [6.07, 6.45) is 0. The summed E-state index contributed by atoms with van der Waals surface area (Å²) in [5.74, 6) is 10.9. The quantitative estimate of drug-likeness (QED) is 0.474. The third-order valence-electron chi connectivity index (χ3n) is 3.01. The zero-order chi connectivity index (χ0) is 12.5. The monoisotopic (exact) mass is 238 g/mol. The Morgan fingerprint density at radius 3 is 2.28 bits per heavy atom. The van der Waals surface area contributed by atoms with Crippen LogP contribution in [0.5, 0.6) is 0 Å². The van der Waals surface area contributed by atoms with Gasteiger partial charge in [0.25, 0.3) is 0 Å². The number of H-pyrrole nitrogens is 1. The van der Waals surface area contributed by atoms with Gasteiger partial charge in [-0.05, 0) is 29.8 Å². The van der Waals surface area contributed by atoms with Gasteiger partial charge in [-0.2, -0.15) is 0 Å². The van der Waals surface area contributed by atoms with E-state index in [9.17, 15) is 0 Å². The maximum absolute atomic E-state index is 5.47. The topological polar surface area (TPSA) is 71.1 Å². The Kier molecular flexibility index (Phi) is 2.51. The van der Waals surface area contributed by atoms with E-state index >= 15 is 0 Å². The molecule has 0 radical (unpaired) electrons. The molecule has 5 N–H and O–H groups in total. The van der Waals surface area contributed by atoms with Crippen molar-refractivity contribution in [3.05, 3.63) is 54.6 Å². The van der Waals surface area contributed by atoms with Gasteiger partial charge in [0.2, 0.25) is 0 Å². The molecule has 1 heterocycles. The number of rotatable bonds is 2. The molecule has 0 spiro atoms. The number of nitrogens with two attached hydrogens (primary N) is 2. The van der Waals surface area contributed by atoms with E-state index in [2.05, 4.69) is 23.2 Å². The number of para-hydroxylation sites is 1. The van der Waals surface area contributed by atoms with Crippen LogP contribution in [0.25, 0.3) is 22.2 Å². The molecule has 1 aromatic heterocycles. The predicted molar refractivity (Wildman–Crippen MR) is 74.6 cm³/mol. The summed E-state index contributed by atoms with van der Waals surface area (Å²) in [4.78, 5) is 3.38. The Morgan fingerprint density at radius 2 is 1.61 bits per heavy atom. The lowest BCUT2D eigenvalue weighted by Gasteiger charge is -2.11. The number of nitrogens with one attached hydrogen (secondary N) is 1. The Morgan fingerprint density at radius 1 is 0.889 bits per heavy atom. The van der Waals surface area contributed by atoms with Crippen molar-refractivity contribution >= 4 is 16.6 Å². The summed E-state index contributed by atoms with van der Waals surface area (Å²) in [7, 11) is 0. The standard InChI is InChI=1S/C14H14N4/c15-18(16)12-7-5-10(6-8-12)14-9-11-3-1-2-4-13(11)17-14/h1-9,17H,15-16H2. The van der Waals surface area contributed by atoms with Gasteiger partial charge in [-0.1, -0.05) is 30.3 Å². The third kappa shape index (κ3) is 1.84. The first-order valence-corrected chi connectivity index (χ1v) is 5.72. The van der Waals surface area contributed by atoms with Crippen LogP contribution in [0.4, 0.5) is 5.69 Å². The van der Waals surface area contributed by atoms with Crippen molar-refractivity contribution in [2.75, 3.05) is 5.12 Å². The summed E-state index contributed by atoms with van der Waals surface area (Å²) in [6.45, 7) is 0. The number of fused-ring (bicyclic) bond motifs is 1. The molecule has 0 bridgehead atoms. The Hall–Kier alpha value is -2.30. The minimum absolute atomic E-state index is 0.773. The molecule has 0 aliphatic heterocycles. The Bertz CT molecular complexity index is 635. The number of hydrogen-bond acceptors (Lipinski definition) is 3. The van der Waals surface area contributed by atoms with Crippen LogP contribution in [0.1, 0.15) is 0 Å². The van der Waals surface area contributed by atoms with Crippen molar-refractivity contribution in [3.8, 4) is 11.3 Å². The summed E-state index contributed by atoms with van der Waals surface area (Å²) in [5.41, 5.74) is 4.10. The van der Waals surface area contributed by atoms with E-state index in [1.807, 2.05) is 36.4 Å². The second kappa shape index (κ2) is 4.18. The second-order valence-corrected chi connectivity index (χ2v) is 4.22. The van der Waals surface area contributed by atoms with Crippen molar-refractivity contribution in [2.45, 2.75) is 0 Å². The number of aromatic amines is 1. The smallest absolute Gasteiger partial charge is 0.0697 e. The number of hydrazine groups is 2. The zero-order valence-electron chi connectivity index (χ0n) is 9.80. The molecule has 2 aromatic carbocycles. The minimum Gasteiger partial charge on any atom is -0.355 e. The lowest BCUT2D eigenvalue weighted by Crippen LogP contribution is -2.37. The fraction of sp³-hybridized carbons (Fsp3) is 0. The zero-order valence-corrected chi connectivity index (χ0v) is 9.80. The van der Waals surface area contributed by atoms with Gasteiger partial charge in [0.05, 0.1) is 5.69 Å². The average Bonchev–Trinajstić information content (AvgIpc) is 2.82. The molecule has 4 nitrogen and oxygen atoms in total. The van der Waals surface area contributed by atoms with Gasteiger partial charge >= 0.3 is 0 Å². The van der Waals surface area contributed by atoms with Crippen LogP contribution in [0.2, 0.25) is 0 Å². The van der Waals surface area contributed by atoms with Gasteiger partial charge in [-0.15, -0.1) is 0 Å². The first-order valence-electron chi connectivity index (χ1n) is 5.72. The minimum atomic E-state index is 0.773. The number of anilines is 1. The summed E-state index contributed by atoms with van der Waals surface area (Å²) in [5, 5.41) is 2.31. The molecule has 0 saturated carbocycles. The summed E-state index contributed by atoms with van der Waals surface area (Å²) < 4.78 is 0. The maximum atomic E-state index is 5.47. The van der Waals surface area contributed by atoms with Crippen LogP contribution in [0, 0.1) is 0 Å². The van der Waals surface area contributed by atoms with E-state index in [-0.39, 0.29) is 0 Å². The molecule has 0 fully saturated rings. The molecule has 4 heteroatoms. The highest BCUT2D eigenvalue weighted by molar-refractivity contribution is 5.85. The molecule has 18 heavy (non-hydrogen) atoms. The molecular weight excluding hydrogens is 224 g/mol. The average molecular weight is 238 g/mol. The Balaban J connectivity index is 2.03. The van der Waals surface area contributed by atoms with E-state index in [1.54, 1.807) is 0 Å². The van der Waals surface area contributed by atoms with Gasteiger partial charge in [0, 0.05) is 16.6 Å². The number of nitrogens with zero attached hydrogens (tertiary/aromatic N) is 1. The lowest BCUT2D eigenvalue weighted by atomic mass is 10.1. The van der Waals surface area contributed by atoms with Crippen molar-refractivity contribution in [2.24, 2.45) is 11.7 Å². The second-order valence-electron chi connectivity index (χ2n) is 4.22. The molecule has 0 aliphatic rings. The van der Waals surface area contributed by atoms with Crippen LogP contribution in [-0.2, 0) is 0 Å². The van der Waals surface area contributed by atoms with Crippen LogP contribution in [0.3, 0.4) is 0 Å². The number of hydrogen-bond donors (Lipinski definition) is 3. The molecule has 0 saturated heterocycles. The maximum Gasteiger partial charge on any atom is 0.0697 e. The molecule has 0 unspecified atom stereocenters. The van der Waals surface area contributed by atoms with Gasteiger partial charge in [-0.3, -0.25) is 0 Å². The number of benzene rings is 2. The third-order valence-corrected chi connectivity index (χ3v) is 3.01. The van der Waals surface area contributed by atoms with Crippen LogP contribution in [-0.4, -0.2) is 4.98 Å². The molecule has 3 aromatic rings. The molecule has 0 amide bonds. The van der Waals surface area contributed by atoms with Gasteiger partial charge in [0.1, 0.15) is 0 Å². The van der Waals surface area contributed by atoms with E-state index in [1.165, 1.54) is 5.39 Å². The highest BCUT2D eigenvalue weighted by Gasteiger charge is 2.03. The highest BCUT2D eigenvalue weighted by atomic mass is 15.6. The van der Waals surface area contributed by atoms with Gasteiger partial charge in [0.15, 0.2) is 0 Å². The first kappa shape index (κ1) is 10.8. The molecular formula is C14H14N4. The van der Waals surface area contributed by atoms with Gasteiger partial charge < -0.3 is 4.98 Å². The molecule has 0 atom stereocenters. The van der Waals surface area contributed by atoms with Crippen molar-refractivity contribution in [3.63, 3.8) is 0 Å². The van der Waals surface area contributed by atoms with Crippen molar-refractivity contribution in [1.82, 2.24) is 4.98 Å². The van der Waals surface area contributed by atoms with E-state index in [0.29, 0.717) is 0 Å². The number of aromatic nitrogens is 1.